The predicted octanol–water partition coefficient (Wildman–Crippen LogP) is 3.34. The van der Waals surface area contributed by atoms with E-state index in [-0.39, 0.29) is 12.2 Å². The van der Waals surface area contributed by atoms with Crippen LogP contribution in [0.25, 0.3) is 11.3 Å². The van der Waals surface area contributed by atoms with Gasteiger partial charge in [-0.1, -0.05) is 12.8 Å². The molecule has 1 aromatic carbocycles. The number of aliphatic carboxylic acids is 1. The van der Waals surface area contributed by atoms with Gasteiger partial charge in [0.15, 0.2) is 0 Å². The van der Waals surface area contributed by atoms with Gasteiger partial charge < -0.3 is 10.4 Å². The molecule has 1 heterocycles. The van der Waals surface area contributed by atoms with Crippen LogP contribution in [-0.4, -0.2) is 27.8 Å². The van der Waals surface area contributed by atoms with Crippen LogP contribution >= 0.6 is 0 Å². The average Bonchev–Trinajstić information content (AvgIpc) is 2.99. The van der Waals surface area contributed by atoms with Crippen molar-refractivity contribution in [3.8, 4) is 11.3 Å². The molecule has 0 aliphatic carbocycles. The van der Waals surface area contributed by atoms with Gasteiger partial charge in [-0.3, -0.25) is 9.89 Å². The molecule has 23 heavy (non-hydrogen) atoms. The summed E-state index contributed by atoms with van der Waals surface area (Å²) in [6, 6.07) is 6.33. The third-order valence-electron chi connectivity index (χ3n) is 3.66. The molecular formula is C17H22FN3O2. The van der Waals surface area contributed by atoms with Gasteiger partial charge in [0.1, 0.15) is 5.82 Å². The van der Waals surface area contributed by atoms with Crippen molar-refractivity contribution >= 4 is 5.97 Å². The van der Waals surface area contributed by atoms with Crippen LogP contribution in [0.3, 0.4) is 0 Å². The quantitative estimate of drug-likeness (QED) is 0.587. The van der Waals surface area contributed by atoms with Crippen molar-refractivity contribution in [1.82, 2.24) is 15.5 Å². The van der Waals surface area contributed by atoms with Gasteiger partial charge in [-0.25, -0.2) is 4.39 Å². The topological polar surface area (TPSA) is 78.0 Å². The summed E-state index contributed by atoms with van der Waals surface area (Å²) in [5.74, 6) is -0.979. The highest BCUT2D eigenvalue weighted by molar-refractivity contribution is 5.66. The number of carboxylic acids is 1. The minimum atomic E-state index is -0.726. The molecule has 0 aliphatic heterocycles. The van der Waals surface area contributed by atoms with E-state index in [9.17, 15) is 9.18 Å². The SMILES string of the molecule is O=C(O)CCCCCCNCc1cn[nH]c1-c1ccc(F)cc1. The summed E-state index contributed by atoms with van der Waals surface area (Å²) in [7, 11) is 0. The number of carbonyl (C=O) groups is 1. The zero-order valence-corrected chi connectivity index (χ0v) is 13.0. The molecule has 0 amide bonds. The van der Waals surface area contributed by atoms with Gasteiger partial charge in [0.05, 0.1) is 11.9 Å². The largest absolute Gasteiger partial charge is 0.481 e. The van der Waals surface area contributed by atoms with Crippen molar-refractivity contribution in [1.29, 1.82) is 0 Å². The van der Waals surface area contributed by atoms with Crippen molar-refractivity contribution in [3.63, 3.8) is 0 Å². The number of nitrogens with zero attached hydrogens (tertiary/aromatic N) is 1. The highest BCUT2D eigenvalue weighted by Gasteiger charge is 2.07. The fraction of sp³-hybridized carbons (Fsp3) is 0.412. The number of halogens is 1. The monoisotopic (exact) mass is 319 g/mol. The first-order chi connectivity index (χ1) is 11.2. The number of rotatable bonds is 10. The molecule has 0 aliphatic rings. The maximum Gasteiger partial charge on any atom is 0.303 e. The van der Waals surface area contributed by atoms with E-state index in [0.29, 0.717) is 6.54 Å². The van der Waals surface area contributed by atoms with Crippen LogP contribution in [0.1, 0.15) is 37.7 Å². The summed E-state index contributed by atoms with van der Waals surface area (Å²) >= 11 is 0. The molecule has 3 N–H and O–H groups in total. The summed E-state index contributed by atoms with van der Waals surface area (Å²) < 4.78 is 13.0. The summed E-state index contributed by atoms with van der Waals surface area (Å²) in [4.78, 5) is 10.4. The Bertz CT molecular complexity index is 611. The molecule has 124 valence electrons. The first-order valence-electron chi connectivity index (χ1n) is 7.87. The Hall–Kier alpha value is -2.21. The summed E-state index contributed by atoms with van der Waals surface area (Å²) in [6.45, 7) is 1.57. The van der Waals surface area contributed by atoms with Gasteiger partial charge in [0.2, 0.25) is 0 Å². The van der Waals surface area contributed by atoms with E-state index in [1.165, 1.54) is 12.1 Å². The Morgan fingerprint density at radius 2 is 1.91 bits per heavy atom. The molecule has 2 rings (SSSR count). The van der Waals surface area contributed by atoms with Crippen LogP contribution in [0.4, 0.5) is 4.39 Å². The molecule has 0 atom stereocenters. The van der Waals surface area contributed by atoms with Crippen molar-refractivity contribution < 1.29 is 14.3 Å². The van der Waals surface area contributed by atoms with Gasteiger partial charge in [-0.05, 0) is 43.7 Å². The fourth-order valence-corrected chi connectivity index (χ4v) is 2.41. The Morgan fingerprint density at radius 1 is 1.17 bits per heavy atom. The van der Waals surface area contributed by atoms with Gasteiger partial charge in [0, 0.05) is 24.1 Å². The van der Waals surface area contributed by atoms with Gasteiger partial charge in [-0.15, -0.1) is 0 Å². The van der Waals surface area contributed by atoms with E-state index in [2.05, 4.69) is 15.5 Å². The Balaban J connectivity index is 1.70. The number of aromatic nitrogens is 2. The third kappa shape index (κ3) is 5.83. The van der Waals surface area contributed by atoms with Crippen LogP contribution in [0.5, 0.6) is 0 Å². The van der Waals surface area contributed by atoms with Gasteiger partial charge in [-0.2, -0.15) is 5.10 Å². The predicted molar refractivity (Wildman–Crippen MR) is 86.4 cm³/mol. The molecule has 2 aromatic rings. The van der Waals surface area contributed by atoms with E-state index < -0.39 is 5.97 Å². The number of H-pyrrole nitrogens is 1. The third-order valence-corrected chi connectivity index (χ3v) is 3.66. The molecule has 0 saturated heterocycles. The van der Waals surface area contributed by atoms with E-state index in [0.717, 1.165) is 49.0 Å². The number of aromatic amines is 1. The lowest BCUT2D eigenvalue weighted by Gasteiger charge is -2.06. The highest BCUT2D eigenvalue weighted by atomic mass is 19.1. The van der Waals surface area contributed by atoms with Gasteiger partial charge in [0.25, 0.3) is 0 Å². The van der Waals surface area contributed by atoms with Crippen LogP contribution in [0.15, 0.2) is 30.5 Å². The lowest BCUT2D eigenvalue weighted by molar-refractivity contribution is -0.137. The highest BCUT2D eigenvalue weighted by Crippen LogP contribution is 2.21. The minimum absolute atomic E-state index is 0.253. The number of benzene rings is 1. The van der Waals surface area contributed by atoms with Crippen molar-refractivity contribution in [2.45, 2.75) is 38.6 Å². The van der Waals surface area contributed by atoms with Gasteiger partial charge >= 0.3 is 5.97 Å². The number of nitrogens with one attached hydrogen (secondary N) is 2. The maximum atomic E-state index is 13.0. The fourth-order valence-electron chi connectivity index (χ4n) is 2.41. The normalized spacial score (nSPS) is 10.8. The molecular weight excluding hydrogens is 297 g/mol. The molecule has 1 aromatic heterocycles. The van der Waals surface area contributed by atoms with E-state index in [1.807, 2.05) is 0 Å². The number of unbranched alkanes of at least 4 members (excludes halogenated alkanes) is 3. The van der Waals surface area contributed by atoms with Crippen LogP contribution in [0.2, 0.25) is 0 Å². The maximum absolute atomic E-state index is 13.0. The zero-order chi connectivity index (χ0) is 16.5. The first kappa shape index (κ1) is 17.1. The summed E-state index contributed by atoms with van der Waals surface area (Å²) in [5.41, 5.74) is 2.86. The van der Waals surface area contributed by atoms with Crippen molar-refractivity contribution in [3.05, 3.63) is 41.8 Å². The summed E-state index contributed by atoms with van der Waals surface area (Å²) in [6.07, 6.45) is 5.76. The van der Waals surface area contributed by atoms with Crippen LogP contribution < -0.4 is 5.32 Å². The smallest absolute Gasteiger partial charge is 0.303 e. The zero-order valence-electron chi connectivity index (χ0n) is 13.0. The lowest BCUT2D eigenvalue weighted by Crippen LogP contribution is -2.14. The second kappa shape index (κ2) is 9.05. The summed E-state index contributed by atoms with van der Waals surface area (Å²) in [5, 5.41) is 18.9. The number of carboxylic acid groups (broad SMARTS) is 1. The molecule has 0 fully saturated rings. The number of hydrogen-bond donors (Lipinski definition) is 3. The standard InChI is InChI=1S/C17H22FN3O2/c18-15-8-6-13(7-9-15)17-14(12-20-21-17)11-19-10-4-2-1-3-5-16(22)23/h6-9,12,19H,1-5,10-11H2,(H,20,21)(H,22,23). The first-order valence-corrected chi connectivity index (χ1v) is 7.87. The van der Waals surface area contributed by atoms with Crippen molar-refractivity contribution in [2.75, 3.05) is 6.54 Å². The molecule has 0 spiro atoms. The lowest BCUT2D eigenvalue weighted by atomic mass is 10.1. The molecule has 0 bridgehead atoms. The average molecular weight is 319 g/mol. The Kier molecular flexibility index (Phi) is 6.75. The van der Waals surface area contributed by atoms with Crippen LogP contribution in [0, 0.1) is 5.82 Å². The van der Waals surface area contributed by atoms with E-state index >= 15 is 0 Å². The minimum Gasteiger partial charge on any atom is -0.481 e. The number of hydrogen-bond acceptors (Lipinski definition) is 3. The molecule has 0 unspecified atom stereocenters. The van der Waals surface area contributed by atoms with Crippen molar-refractivity contribution in [2.24, 2.45) is 0 Å². The van der Waals surface area contributed by atoms with Crippen LogP contribution in [-0.2, 0) is 11.3 Å². The second-order valence-corrected chi connectivity index (χ2v) is 5.51. The molecule has 5 nitrogen and oxygen atoms in total. The Labute approximate surface area is 134 Å². The molecule has 6 heteroatoms. The second-order valence-electron chi connectivity index (χ2n) is 5.51. The van der Waals surface area contributed by atoms with E-state index in [4.69, 9.17) is 5.11 Å². The molecule has 0 radical (unpaired) electrons. The molecule has 0 saturated carbocycles. The Morgan fingerprint density at radius 3 is 2.65 bits per heavy atom. The van der Waals surface area contributed by atoms with E-state index in [1.54, 1.807) is 18.3 Å².